The van der Waals surface area contributed by atoms with Gasteiger partial charge in [-0.3, -0.25) is 4.79 Å². The van der Waals surface area contributed by atoms with E-state index in [1.54, 1.807) is 23.0 Å². The minimum atomic E-state index is -0.687. The van der Waals surface area contributed by atoms with Gasteiger partial charge in [-0.1, -0.05) is 50.2 Å². The second kappa shape index (κ2) is 10.0. The highest BCUT2D eigenvalue weighted by molar-refractivity contribution is 7.13. The van der Waals surface area contributed by atoms with Crippen molar-refractivity contribution in [2.45, 2.75) is 32.6 Å². The van der Waals surface area contributed by atoms with Gasteiger partial charge in [0.2, 0.25) is 5.91 Å². The summed E-state index contributed by atoms with van der Waals surface area (Å²) < 4.78 is 15.2. The molecular weight excluding hydrogens is 471 g/mol. The molecule has 0 aliphatic rings. The Kier molecular flexibility index (Phi) is 6.65. The van der Waals surface area contributed by atoms with Crippen LogP contribution in [-0.4, -0.2) is 20.7 Å². The molecule has 0 saturated carbocycles. The molecule has 0 radical (unpaired) electrons. The summed E-state index contributed by atoms with van der Waals surface area (Å²) in [6.45, 7) is 4.15. The highest BCUT2D eigenvalue weighted by Crippen LogP contribution is 2.47. The third-order valence-corrected chi connectivity index (χ3v) is 7.74. The van der Waals surface area contributed by atoms with Crippen LogP contribution in [0.4, 0.5) is 9.52 Å². The Labute approximate surface area is 213 Å². The molecule has 5 rings (SSSR count). The number of carbonyl (C=O) groups is 1. The van der Waals surface area contributed by atoms with E-state index >= 15 is 0 Å². The molecule has 182 valence electrons. The Morgan fingerprint density at radius 3 is 2.44 bits per heavy atom. The fourth-order valence-corrected chi connectivity index (χ4v) is 5.64. The van der Waals surface area contributed by atoms with Crippen LogP contribution in [0.1, 0.15) is 43.7 Å². The minimum Gasteiger partial charge on any atom is -0.301 e. The van der Waals surface area contributed by atoms with Crippen molar-refractivity contribution < 1.29 is 9.18 Å². The number of anilines is 1. The SMILES string of the molecule is CCC(CC)(C(=O)Nc1nccs1)C(c1ccccc1)c1ccc2c(cnn2-c2ccc(F)cc2)c1. The maximum atomic E-state index is 13.9. The van der Waals surface area contributed by atoms with Gasteiger partial charge in [-0.05, 0) is 60.4 Å². The second-order valence-electron chi connectivity index (χ2n) is 8.85. The van der Waals surface area contributed by atoms with Crippen LogP contribution in [0.3, 0.4) is 0 Å². The second-order valence-corrected chi connectivity index (χ2v) is 9.74. The topological polar surface area (TPSA) is 59.8 Å². The van der Waals surface area contributed by atoms with Gasteiger partial charge in [0.1, 0.15) is 5.82 Å². The third-order valence-electron chi connectivity index (χ3n) is 7.05. The van der Waals surface area contributed by atoms with Crippen LogP contribution in [0.5, 0.6) is 0 Å². The van der Waals surface area contributed by atoms with Crippen LogP contribution in [0.15, 0.2) is 90.6 Å². The average molecular weight is 499 g/mol. The van der Waals surface area contributed by atoms with Crippen molar-refractivity contribution in [1.29, 1.82) is 0 Å². The smallest absolute Gasteiger partial charge is 0.233 e. The van der Waals surface area contributed by atoms with Crippen LogP contribution in [0, 0.1) is 11.2 Å². The van der Waals surface area contributed by atoms with E-state index in [2.05, 4.69) is 53.5 Å². The Hall–Kier alpha value is -3.84. The van der Waals surface area contributed by atoms with Gasteiger partial charge in [0.05, 0.1) is 22.8 Å². The molecular formula is C29H27FN4OS. The zero-order chi connectivity index (χ0) is 25.1. The fraction of sp³-hybridized carbons (Fsp3) is 0.207. The first kappa shape index (κ1) is 23.9. The predicted molar refractivity (Wildman–Crippen MR) is 143 cm³/mol. The number of rotatable bonds is 8. The van der Waals surface area contributed by atoms with E-state index in [9.17, 15) is 9.18 Å². The van der Waals surface area contributed by atoms with Gasteiger partial charge >= 0.3 is 0 Å². The van der Waals surface area contributed by atoms with Gasteiger partial charge in [-0.25, -0.2) is 14.1 Å². The number of thiazole rings is 1. The Bertz CT molecular complexity index is 1460. The van der Waals surface area contributed by atoms with Crippen molar-refractivity contribution >= 4 is 33.3 Å². The highest BCUT2D eigenvalue weighted by Gasteiger charge is 2.44. The molecule has 0 fully saturated rings. The number of halogens is 1. The van der Waals surface area contributed by atoms with E-state index in [0.29, 0.717) is 18.0 Å². The molecule has 2 aromatic heterocycles. The maximum absolute atomic E-state index is 13.9. The van der Waals surface area contributed by atoms with Crippen LogP contribution < -0.4 is 5.32 Å². The number of hydrogen-bond acceptors (Lipinski definition) is 4. The Morgan fingerprint density at radius 2 is 1.78 bits per heavy atom. The molecule has 5 aromatic rings. The summed E-state index contributed by atoms with van der Waals surface area (Å²) >= 11 is 1.42. The number of carbonyl (C=O) groups excluding carboxylic acids is 1. The normalized spacial score (nSPS) is 12.5. The van der Waals surface area contributed by atoms with E-state index in [0.717, 1.165) is 27.7 Å². The molecule has 5 nitrogen and oxygen atoms in total. The van der Waals surface area contributed by atoms with E-state index in [1.165, 1.54) is 23.5 Å². The lowest BCUT2D eigenvalue weighted by molar-refractivity contribution is -0.127. The summed E-state index contributed by atoms with van der Waals surface area (Å²) in [5.74, 6) is -0.486. The first-order chi connectivity index (χ1) is 17.6. The zero-order valence-electron chi connectivity index (χ0n) is 20.2. The van der Waals surface area contributed by atoms with Crippen LogP contribution in [0.25, 0.3) is 16.6 Å². The molecule has 7 heteroatoms. The molecule has 0 bridgehead atoms. The molecule has 2 heterocycles. The number of benzene rings is 3. The van der Waals surface area contributed by atoms with E-state index < -0.39 is 5.41 Å². The molecule has 0 spiro atoms. The molecule has 3 aromatic carbocycles. The monoisotopic (exact) mass is 498 g/mol. The molecule has 0 aliphatic heterocycles. The Morgan fingerprint density at radius 1 is 1.03 bits per heavy atom. The van der Waals surface area contributed by atoms with E-state index in [1.807, 2.05) is 35.8 Å². The average Bonchev–Trinajstić information content (AvgIpc) is 3.58. The number of aromatic nitrogens is 3. The number of fused-ring (bicyclic) bond motifs is 1. The largest absolute Gasteiger partial charge is 0.301 e. The number of nitrogens with one attached hydrogen (secondary N) is 1. The van der Waals surface area contributed by atoms with Crippen LogP contribution >= 0.6 is 11.3 Å². The lowest BCUT2D eigenvalue weighted by Gasteiger charge is -2.39. The Balaban J connectivity index is 1.62. The maximum Gasteiger partial charge on any atom is 0.233 e. The van der Waals surface area contributed by atoms with Gasteiger partial charge in [0.25, 0.3) is 0 Å². The lowest BCUT2D eigenvalue weighted by Crippen LogP contribution is -2.41. The first-order valence-electron chi connectivity index (χ1n) is 12.0. The summed E-state index contributed by atoms with van der Waals surface area (Å²) in [7, 11) is 0. The molecule has 0 saturated heterocycles. The molecule has 1 unspecified atom stereocenters. The summed E-state index contributed by atoms with van der Waals surface area (Å²) in [6, 6.07) is 22.7. The third kappa shape index (κ3) is 4.31. The highest BCUT2D eigenvalue weighted by atomic mass is 32.1. The summed E-state index contributed by atoms with van der Waals surface area (Å²) in [5.41, 5.74) is 3.15. The first-order valence-corrected chi connectivity index (χ1v) is 12.9. The van der Waals surface area contributed by atoms with E-state index in [-0.39, 0.29) is 17.6 Å². The van der Waals surface area contributed by atoms with Gasteiger partial charge in [-0.2, -0.15) is 5.10 Å². The van der Waals surface area contributed by atoms with E-state index in [4.69, 9.17) is 0 Å². The molecule has 1 amide bonds. The van der Waals surface area contributed by atoms with Gasteiger partial charge in [-0.15, -0.1) is 11.3 Å². The number of hydrogen-bond donors (Lipinski definition) is 1. The van der Waals surface area contributed by atoms with Gasteiger partial charge < -0.3 is 5.32 Å². The van der Waals surface area contributed by atoms with Crippen molar-refractivity contribution in [3.05, 3.63) is 108 Å². The van der Waals surface area contributed by atoms with Crippen LogP contribution in [0.2, 0.25) is 0 Å². The minimum absolute atomic E-state index is 0.0293. The van der Waals surface area contributed by atoms with Crippen molar-refractivity contribution in [1.82, 2.24) is 14.8 Å². The van der Waals surface area contributed by atoms with Crippen LogP contribution in [-0.2, 0) is 4.79 Å². The summed E-state index contributed by atoms with van der Waals surface area (Å²) in [6.07, 6.45) is 4.83. The standard InChI is InChI=1S/C29H27FN4OS/c1-3-29(4-2,27(35)33-28-31-16-17-36-28)26(20-8-6-5-7-9-20)21-10-15-25-22(18-21)19-32-34(25)24-13-11-23(30)12-14-24/h5-19,26H,3-4H2,1-2H3,(H,31,33,35). The molecule has 1 atom stereocenters. The van der Waals surface area contributed by atoms with Crippen molar-refractivity contribution in [2.75, 3.05) is 5.32 Å². The zero-order valence-corrected chi connectivity index (χ0v) is 21.0. The fourth-order valence-electron chi connectivity index (χ4n) is 5.11. The predicted octanol–water partition coefficient (Wildman–Crippen LogP) is 7.20. The van der Waals surface area contributed by atoms with Crippen molar-refractivity contribution in [3.8, 4) is 5.69 Å². The summed E-state index contributed by atoms with van der Waals surface area (Å²) in [5, 5.41) is 11.1. The van der Waals surface area contributed by atoms with Gasteiger partial charge in [0, 0.05) is 22.9 Å². The van der Waals surface area contributed by atoms with Crippen molar-refractivity contribution in [3.63, 3.8) is 0 Å². The van der Waals surface area contributed by atoms with Gasteiger partial charge in [0.15, 0.2) is 5.13 Å². The lowest BCUT2D eigenvalue weighted by atomic mass is 9.65. The quantitative estimate of drug-likeness (QED) is 0.246. The number of nitrogens with zero attached hydrogens (tertiary/aromatic N) is 3. The van der Waals surface area contributed by atoms with Crippen molar-refractivity contribution in [2.24, 2.45) is 5.41 Å². The molecule has 0 aliphatic carbocycles. The molecule has 36 heavy (non-hydrogen) atoms. The number of amides is 1. The summed E-state index contributed by atoms with van der Waals surface area (Å²) in [4.78, 5) is 18.1. The molecule has 1 N–H and O–H groups in total.